The monoisotopic (exact) mass is 278 g/mol. The molecule has 0 aliphatic carbocycles. The van der Waals surface area contributed by atoms with Gasteiger partial charge in [0.2, 0.25) is 0 Å². The second-order valence-electron chi connectivity index (χ2n) is 5.74. The number of amides is 1. The Morgan fingerprint density at radius 2 is 2.15 bits per heavy atom. The number of pyridine rings is 1. The van der Waals surface area contributed by atoms with Crippen LogP contribution in [0.5, 0.6) is 0 Å². The Hall–Kier alpha value is -2.11. The van der Waals surface area contributed by atoms with Gasteiger partial charge in [-0.1, -0.05) is 0 Å². The molecule has 20 heavy (non-hydrogen) atoms. The molecule has 0 aromatic carbocycles. The summed E-state index contributed by atoms with van der Waals surface area (Å²) in [6, 6.07) is 3.16. The fourth-order valence-electron chi connectivity index (χ4n) is 1.88. The van der Waals surface area contributed by atoms with Gasteiger partial charge in [0.1, 0.15) is 17.5 Å². The van der Waals surface area contributed by atoms with Gasteiger partial charge in [-0.15, -0.1) is 0 Å². The standard InChI is InChI=1S/C14H18N2O4/c1-8-7-10-9(12(17)19-8)5-6-11(15-10)16-13(18)20-14(2,3)4/h5-6,8H,7H2,1-4H3,(H,15,16,18). The van der Waals surface area contributed by atoms with Gasteiger partial charge in [0, 0.05) is 6.42 Å². The molecule has 2 heterocycles. The van der Waals surface area contributed by atoms with Crippen LogP contribution in [0.25, 0.3) is 0 Å². The molecule has 1 aromatic rings. The van der Waals surface area contributed by atoms with Crippen molar-refractivity contribution in [2.75, 3.05) is 5.32 Å². The van der Waals surface area contributed by atoms with E-state index in [-0.39, 0.29) is 12.1 Å². The molecule has 0 radical (unpaired) electrons. The van der Waals surface area contributed by atoms with E-state index in [0.29, 0.717) is 23.5 Å². The van der Waals surface area contributed by atoms with Crippen molar-refractivity contribution < 1.29 is 19.1 Å². The quantitative estimate of drug-likeness (QED) is 0.799. The van der Waals surface area contributed by atoms with Gasteiger partial charge in [0.15, 0.2) is 0 Å². The topological polar surface area (TPSA) is 77.5 Å². The number of hydrogen-bond donors (Lipinski definition) is 1. The Morgan fingerprint density at radius 1 is 1.45 bits per heavy atom. The zero-order valence-corrected chi connectivity index (χ0v) is 12.0. The Balaban J connectivity index is 2.13. The second-order valence-corrected chi connectivity index (χ2v) is 5.74. The van der Waals surface area contributed by atoms with Gasteiger partial charge in [0.05, 0.1) is 11.3 Å². The van der Waals surface area contributed by atoms with Crippen LogP contribution in [0.15, 0.2) is 12.1 Å². The molecular weight excluding hydrogens is 260 g/mol. The van der Waals surface area contributed by atoms with Gasteiger partial charge in [-0.25, -0.2) is 14.6 Å². The van der Waals surface area contributed by atoms with Crippen LogP contribution in [0.3, 0.4) is 0 Å². The number of nitrogens with one attached hydrogen (secondary N) is 1. The number of cyclic esters (lactones) is 1. The van der Waals surface area contributed by atoms with Crippen molar-refractivity contribution in [3.63, 3.8) is 0 Å². The van der Waals surface area contributed by atoms with Crippen LogP contribution in [0.2, 0.25) is 0 Å². The zero-order chi connectivity index (χ0) is 14.9. The smallest absolute Gasteiger partial charge is 0.413 e. The Kier molecular flexibility index (Phi) is 3.65. The number of rotatable bonds is 1. The minimum absolute atomic E-state index is 0.209. The summed E-state index contributed by atoms with van der Waals surface area (Å²) in [7, 11) is 0. The molecule has 1 atom stereocenters. The first-order valence-electron chi connectivity index (χ1n) is 6.45. The summed E-state index contributed by atoms with van der Waals surface area (Å²) < 4.78 is 10.3. The van der Waals surface area contributed by atoms with Crippen LogP contribution in [0.1, 0.15) is 43.7 Å². The van der Waals surface area contributed by atoms with E-state index < -0.39 is 11.7 Å². The van der Waals surface area contributed by atoms with Crippen LogP contribution in [-0.4, -0.2) is 28.8 Å². The molecule has 0 spiro atoms. The van der Waals surface area contributed by atoms with E-state index in [4.69, 9.17) is 9.47 Å². The molecule has 6 nitrogen and oxygen atoms in total. The molecule has 0 fully saturated rings. The van der Waals surface area contributed by atoms with Crippen molar-refractivity contribution >= 4 is 17.9 Å². The number of fused-ring (bicyclic) bond motifs is 1. The van der Waals surface area contributed by atoms with Crippen molar-refractivity contribution in [1.82, 2.24) is 4.98 Å². The molecule has 1 N–H and O–H groups in total. The van der Waals surface area contributed by atoms with E-state index in [0.717, 1.165) is 0 Å². The molecular formula is C14H18N2O4. The van der Waals surface area contributed by atoms with E-state index in [1.54, 1.807) is 39.8 Å². The largest absolute Gasteiger partial charge is 0.459 e. The van der Waals surface area contributed by atoms with E-state index in [2.05, 4.69) is 10.3 Å². The maximum atomic E-state index is 11.7. The highest BCUT2D eigenvalue weighted by atomic mass is 16.6. The van der Waals surface area contributed by atoms with Gasteiger partial charge in [0.25, 0.3) is 0 Å². The first-order chi connectivity index (χ1) is 9.24. The summed E-state index contributed by atoms with van der Waals surface area (Å²) in [6.07, 6.45) is -0.249. The van der Waals surface area contributed by atoms with E-state index >= 15 is 0 Å². The van der Waals surface area contributed by atoms with E-state index in [1.165, 1.54) is 0 Å². The van der Waals surface area contributed by atoms with Crippen molar-refractivity contribution in [3.05, 3.63) is 23.4 Å². The normalized spacial score (nSPS) is 18.0. The molecule has 1 aliphatic heterocycles. The molecule has 0 bridgehead atoms. The van der Waals surface area contributed by atoms with Crippen LogP contribution in [0.4, 0.5) is 10.6 Å². The third kappa shape index (κ3) is 3.46. The molecule has 1 aromatic heterocycles. The molecule has 108 valence electrons. The summed E-state index contributed by atoms with van der Waals surface area (Å²) in [5.41, 5.74) is 0.497. The number of hydrogen-bond acceptors (Lipinski definition) is 5. The second kappa shape index (κ2) is 5.11. The molecule has 1 aliphatic rings. The maximum Gasteiger partial charge on any atom is 0.413 e. The predicted octanol–water partition coefficient (Wildman–Crippen LogP) is 2.53. The molecule has 6 heteroatoms. The summed E-state index contributed by atoms with van der Waals surface area (Å²) in [5, 5.41) is 2.55. The lowest BCUT2D eigenvalue weighted by atomic mass is 10.1. The van der Waals surface area contributed by atoms with E-state index in [1.807, 2.05) is 0 Å². The first kappa shape index (κ1) is 14.3. The van der Waals surface area contributed by atoms with Crippen LogP contribution in [0, 0.1) is 0 Å². The number of nitrogens with zero attached hydrogens (tertiary/aromatic N) is 1. The SMILES string of the molecule is CC1Cc2nc(NC(=O)OC(C)(C)C)ccc2C(=O)O1. The summed E-state index contributed by atoms with van der Waals surface area (Å²) >= 11 is 0. The van der Waals surface area contributed by atoms with Gasteiger partial charge < -0.3 is 9.47 Å². The molecule has 1 amide bonds. The van der Waals surface area contributed by atoms with Crippen LogP contribution >= 0.6 is 0 Å². The van der Waals surface area contributed by atoms with Gasteiger partial charge in [-0.05, 0) is 39.8 Å². The minimum atomic E-state index is -0.573. The highest BCUT2D eigenvalue weighted by Crippen LogP contribution is 2.21. The lowest BCUT2D eigenvalue weighted by Gasteiger charge is -2.22. The number of carbonyl (C=O) groups is 2. The van der Waals surface area contributed by atoms with Gasteiger partial charge in [-0.2, -0.15) is 0 Å². The fraction of sp³-hybridized carbons (Fsp3) is 0.500. The Morgan fingerprint density at radius 3 is 2.80 bits per heavy atom. The molecule has 0 saturated carbocycles. The third-order valence-electron chi connectivity index (χ3n) is 2.61. The lowest BCUT2D eigenvalue weighted by Crippen LogP contribution is -2.29. The summed E-state index contributed by atoms with van der Waals surface area (Å²) in [6.45, 7) is 7.15. The predicted molar refractivity (Wildman–Crippen MR) is 72.7 cm³/mol. The number of esters is 1. The Bertz CT molecular complexity index is 549. The average Bonchev–Trinajstić information content (AvgIpc) is 2.24. The van der Waals surface area contributed by atoms with Crippen LogP contribution in [-0.2, 0) is 15.9 Å². The highest BCUT2D eigenvalue weighted by molar-refractivity contribution is 5.92. The van der Waals surface area contributed by atoms with Crippen molar-refractivity contribution in [1.29, 1.82) is 0 Å². The van der Waals surface area contributed by atoms with Crippen molar-refractivity contribution in [3.8, 4) is 0 Å². The molecule has 1 unspecified atom stereocenters. The molecule has 0 saturated heterocycles. The van der Waals surface area contributed by atoms with Crippen LogP contribution < -0.4 is 5.32 Å². The first-order valence-corrected chi connectivity index (χ1v) is 6.45. The highest BCUT2D eigenvalue weighted by Gasteiger charge is 2.25. The van der Waals surface area contributed by atoms with E-state index in [9.17, 15) is 9.59 Å². The molecule has 2 rings (SSSR count). The number of ether oxygens (including phenoxy) is 2. The number of anilines is 1. The average molecular weight is 278 g/mol. The van der Waals surface area contributed by atoms with Crippen molar-refractivity contribution in [2.45, 2.75) is 45.8 Å². The lowest BCUT2D eigenvalue weighted by molar-refractivity contribution is 0.0297. The Labute approximate surface area is 117 Å². The minimum Gasteiger partial charge on any atom is -0.459 e. The number of carbonyl (C=O) groups excluding carboxylic acids is 2. The number of aromatic nitrogens is 1. The summed E-state index contributed by atoms with van der Waals surface area (Å²) in [5.74, 6) is -0.0185. The maximum absolute atomic E-state index is 11.7. The fourth-order valence-corrected chi connectivity index (χ4v) is 1.88. The van der Waals surface area contributed by atoms with Crippen molar-refractivity contribution in [2.24, 2.45) is 0 Å². The third-order valence-corrected chi connectivity index (χ3v) is 2.61. The van der Waals surface area contributed by atoms with Gasteiger partial charge in [-0.3, -0.25) is 5.32 Å². The summed E-state index contributed by atoms with van der Waals surface area (Å²) in [4.78, 5) is 27.6. The van der Waals surface area contributed by atoms with Gasteiger partial charge >= 0.3 is 12.1 Å². The zero-order valence-electron chi connectivity index (χ0n) is 12.0.